The molecule has 0 unspecified atom stereocenters. The fraction of sp³-hybridized carbons (Fsp3) is 0.238. The number of ketones is 1. The number of nitro benzene ring substituents is 1. The van der Waals surface area contributed by atoms with Crippen molar-refractivity contribution in [1.82, 2.24) is 4.90 Å². The minimum Gasteiger partial charge on any atom is -0.478 e. The quantitative estimate of drug-likeness (QED) is 0.221. The molecule has 1 saturated heterocycles. The lowest BCUT2D eigenvalue weighted by atomic mass is 10.0. The summed E-state index contributed by atoms with van der Waals surface area (Å²) in [5.74, 6) is -2.47. The number of benzene rings is 2. The molecule has 1 fully saturated rings. The number of amides is 1. The molecule has 0 radical (unpaired) electrons. The Bertz CT molecular complexity index is 1090. The number of likely N-dealkylation sites (tertiary alicyclic amines) is 1. The molecule has 10 nitrogen and oxygen atoms in total. The molecule has 1 aliphatic heterocycles. The van der Waals surface area contributed by atoms with Crippen molar-refractivity contribution in [2.45, 2.75) is 24.1 Å². The van der Waals surface area contributed by atoms with Gasteiger partial charge in [0, 0.05) is 30.3 Å². The van der Waals surface area contributed by atoms with Crippen LogP contribution in [0.1, 0.15) is 32.7 Å². The van der Waals surface area contributed by atoms with E-state index >= 15 is 0 Å². The number of aromatic carboxylic acids is 1. The van der Waals surface area contributed by atoms with Gasteiger partial charge < -0.3 is 9.84 Å². The highest BCUT2D eigenvalue weighted by atomic mass is 32.1. The van der Waals surface area contributed by atoms with Crippen LogP contribution < -0.4 is 0 Å². The molecule has 1 aliphatic rings. The fourth-order valence-corrected chi connectivity index (χ4v) is 3.75. The van der Waals surface area contributed by atoms with Crippen LogP contribution in [0.2, 0.25) is 0 Å². The van der Waals surface area contributed by atoms with Crippen LogP contribution >= 0.6 is 12.6 Å². The zero-order valence-electron chi connectivity index (χ0n) is 16.5. The maximum atomic E-state index is 12.8. The number of Topliss-reactive ketones (excluding diaryl/α,β-unsaturated/α-hetero) is 1. The predicted octanol–water partition coefficient (Wildman–Crippen LogP) is 2.75. The molecule has 1 amide bonds. The normalized spacial score (nSPS) is 17.6. The van der Waals surface area contributed by atoms with Crippen LogP contribution in [-0.4, -0.2) is 56.6 Å². The summed E-state index contributed by atoms with van der Waals surface area (Å²) in [5, 5.41) is 19.5. The van der Waals surface area contributed by atoms with Crippen molar-refractivity contribution in [2.75, 3.05) is 6.54 Å². The second kappa shape index (κ2) is 9.60. The van der Waals surface area contributed by atoms with E-state index in [1.807, 2.05) is 0 Å². The van der Waals surface area contributed by atoms with Crippen LogP contribution in [0.4, 0.5) is 10.5 Å². The van der Waals surface area contributed by atoms with Gasteiger partial charge in [-0.25, -0.2) is 14.4 Å². The third kappa shape index (κ3) is 5.30. The number of carboxylic acids is 1. The number of carbonyl (C=O) groups excluding carboxylic acids is 3. The zero-order chi connectivity index (χ0) is 23.4. The first kappa shape index (κ1) is 22.9. The molecule has 2 aromatic rings. The molecular formula is C21H18N2O8S. The van der Waals surface area contributed by atoms with Gasteiger partial charge in [-0.1, -0.05) is 12.1 Å². The van der Waals surface area contributed by atoms with Gasteiger partial charge in [-0.2, -0.15) is 12.6 Å². The lowest BCUT2D eigenvalue weighted by Gasteiger charge is -2.22. The van der Waals surface area contributed by atoms with Gasteiger partial charge in [0.25, 0.3) is 5.69 Å². The Morgan fingerprint density at radius 2 is 1.81 bits per heavy atom. The first-order valence-electron chi connectivity index (χ1n) is 9.46. The van der Waals surface area contributed by atoms with Gasteiger partial charge in [-0.05, 0) is 36.2 Å². The van der Waals surface area contributed by atoms with Crippen LogP contribution in [0.25, 0.3) is 0 Å². The van der Waals surface area contributed by atoms with Gasteiger partial charge >= 0.3 is 18.0 Å². The second-order valence-corrected chi connectivity index (χ2v) is 7.90. The highest BCUT2D eigenvalue weighted by Gasteiger charge is 2.39. The molecule has 3 rings (SSSR count). The maximum absolute atomic E-state index is 12.8. The van der Waals surface area contributed by atoms with E-state index in [-0.39, 0.29) is 47.2 Å². The summed E-state index contributed by atoms with van der Waals surface area (Å²) in [6.45, 7) is 0.0844. The van der Waals surface area contributed by atoms with Crippen molar-refractivity contribution < 1.29 is 33.9 Å². The Balaban J connectivity index is 1.69. The Morgan fingerprint density at radius 1 is 1.12 bits per heavy atom. The lowest BCUT2D eigenvalue weighted by molar-refractivity contribution is -0.384. The Labute approximate surface area is 187 Å². The van der Waals surface area contributed by atoms with Crippen molar-refractivity contribution in [1.29, 1.82) is 0 Å². The van der Waals surface area contributed by atoms with E-state index in [2.05, 4.69) is 12.6 Å². The predicted molar refractivity (Wildman–Crippen MR) is 114 cm³/mol. The summed E-state index contributed by atoms with van der Waals surface area (Å²) < 4.78 is 4.86. The standard InChI is InChI=1S/C21H18N2O8S/c24-18(9-12-2-1-3-14(8-12)19(25)26)17-10-16(32)11-22(17)21(28)31-20(27)13-4-6-15(7-5-13)23(29)30/h1-8,16-17,32H,9-11H2,(H,25,26)/t16-,17-/m0/s1. The minimum atomic E-state index is -1.12. The number of hydrogen-bond acceptors (Lipinski definition) is 8. The van der Waals surface area contributed by atoms with E-state index in [1.165, 1.54) is 18.2 Å². The van der Waals surface area contributed by atoms with Crippen LogP contribution in [0, 0.1) is 10.1 Å². The zero-order valence-corrected chi connectivity index (χ0v) is 17.4. The minimum absolute atomic E-state index is 0.0405. The van der Waals surface area contributed by atoms with E-state index in [1.54, 1.807) is 6.07 Å². The van der Waals surface area contributed by atoms with Crippen molar-refractivity contribution >= 4 is 42.1 Å². The van der Waals surface area contributed by atoms with E-state index in [0.717, 1.165) is 29.2 Å². The molecule has 0 aromatic heterocycles. The van der Waals surface area contributed by atoms with Crippen molar-refractivity contribution in [3.8, 4) is 0 Å². The third-order valence-electron chi connectivity index (χ3n) is 4.93. The third-order valence-corrected chi connectivity index (χ3v) is 5.31. The number of hydrogen-bond donors (Lipinski definition) is 2. The maximum Gasteiger partial charge on any atom is 0.418 e. The molecule has 0 bridgehead atoms. The molecule has 2 aromatic carbocycles. The number of nitro groups is 1. The highest BCUT2D eigenvalue weighted by Crippen LogP contribution is 2.25. The van der Waals surface area contributed by atoms with Crippen molar-refractivity contribution in [3.63, 3.8) is 0 Å². The topological polar surface area (TPSA) is 144 Å². The van der Waals surface area contributed by atoms with Crippen LogP contribution in [-0.2, 0) is 16.0 Å². The number of esters is 1. The Morgan fingerprint density at radius 3 is 2.44 bits per heavy atom. The number of rotatable bonds is 6. The highest BCUT2D eigenvalue weighted by molar-refractivity contribution is 7.81. The molecule has 0 spiro atoms. The monoisotopic (exact) mass is 458 g/mol. The van der Waals surface area contributed by atoms with Crippen LogP contribution in [0.15, 0.2) is 48.5 Å². The van der Waals surface area contributed by atoms with Gasteiger partial charge in [0.2, 0.25) is 0 Å². The van der Waals surface area contributed by atoms with Gasteiger partial charge in [0.05, 0.1) is 22.1 Å². The number of non-ortho nitro benzene ring substituents is 1. The average molecular weight is 458 g/mol. The van der Waals surface area contributed by atoms with Gasteiger partial charge in [0.15, 0.2) is 5.78 Å². The number of carbonyl (C=O) groups is 4. The summed E-state index contributed by atoms with van der Waals surface area (Å²) in [6.07, 6.45) is -0.879. The summed E-state index contributed by atoms with van der Waals surface area (Å²) in [4.78, 5) is 60.0. The van der Waals surface area contributed by atoms with E-state index in [0.29, 0.717) is 5.56 Å². The molecule has 32 heavy (non-hydrogen) atoms. The molecule has 2 atom stereocenters. The first-order chi connectivity index (χ1) is 15.2. The Hall–Kier alpha value is -3.73. The van der Waals surface area contributed by atoms with Crippen LogP contribution in [0.3, 0.4) is 0 Å². The van der Waals surface area contributed by atoms with Crippen molar-refractivity contribution in [2.24, 2.45) is 0 Å². The number of thiol groups is 1. The smallest absolute Gasteiger partial charge is 0.418 e. The average Bonchev–Trinajstić information content (AvgIpc) is 3.16. The first-order valence-corrected chi connectivity index (χ1v) is 9.97. The van der Waals surface area contributed by atoms with E-state index in [4.69, 9.17) is 9.84 Å². The molecular weight excluding hydrogens is 440 g/mol. The molecule has 166 valence electrons. The number of carboxylic acid groups (broad SMARTS) is 1. The summed E-state index contributed by atoms with van der Waals surface area (Å²) >= 11 is 4.33. The lowest BCUT2D eigenvalue weighted by Crippen LogP contribution is -2.42. The molecule has 0 saturated carbocycles. The van der Waals surface area contributed by atoms with Crippen LogP contribution in [0.5, 0.6) is 0 Å². The van der Waals surface area contributed by atoms with E-state index in [9.17, 15) is 29.3 Å². The molecule has 0 aliphatic carbocycles. The molecule has 1 N–H and O–H groups in total. The van der Waals surface area contributed by atoms with Gasteiger partial charge in [0.1, 0.15) is 0 Å². The van der Waals surface area contributed by atoms with E-state index < -0.39 is 29.0 Å². The summed E-state index contributed by atoms with van der Waals surface area (Å²) in [5.41, 5.74) is 0.244. The number of nitrogens with zero attached hydrogens (tertiary/aromatic N) is 2. The Kier molecular flexibility index (Phi) is 6.89. The summed E-state index contributed by atoms with van der Waals surface area (Å²) in [7, 11) is 0. The fourth-order valence-electron chi connectivity index (χ4n) is 3.37. The largest absolute Gasteiger partial charge is 0.478 e. The second-order valence-electron chi connectivity index (χ2n) is 7.17. The number of ether oxygens (including phenoxy) is 1. The van der Waals surface area contributed by atoms with Gasteiger partial charge in [-0.15, -0.1) is 0 Å². The molecule has 11 heteroatoms. The summed E-state index contributed by atoms with van der Waals surface area (Å²) in [6, 6.07) is 9.58. The van der Waals surface area contributed by atoms with Crippen molar-refractivity contribution in [3.05, 3.63) is 75.3 Å². The van der Waals surface area contributed by atoms with Gasteiger partial charge in [-0.3, -0.25) is 19.8 Å². The molecule has 1 heterocycles. The SMILES string of the molecule is O=C(O)c1cccc(CC(=O)[C@@H]2C[C@H](S)CN2C(=O)OC(=O)c2ccc([N+](=O)[O-])cc2)c1.